The highest BCUT2D eigenvalue weighted by atomic mass is 16.3. The number of aliphatic hydroxyl groups is 1. The van der Waals surface area contributed by atoms with Gasteiger partial charge in [-0.2, -0.15) is 5.26 Å². The quantitative estimate of drug-likeness (QED) is 0.769. The van der Waals surface area contributed by atoms with Gasteiger partial charge in [0.2, 0.25) is 0 Å². The number of rotatable bonds is 6. The first-order valence-electron chi connectivity index (χ1n) is 7.27. The first-order chi connectivity index (χ1) is 9.76. The molecule has 1 aromatic carbocycles. The van der Waals surface area contributed by atoms with Crippen LogP contribution in [0.15, 0.2) is 48.6 Å². The van der Waals surface area contributed by atoms with Gasteiger partial charge in [-0.3, -0.25) is 0 Å². The van der Waals surface area contributed by atoms with Crippen LogP contribution in [0.2, 0.25) is 0 Å². The van der Waals surface area contributed by atoms with Crippen LogP contribution >= 0.6 is 0 Å². The molecule has 1 aromatic rings. The van der Waals surface area contributed by atoms with Gasteiger partial charge in [-0.25, -0.2) is 0 Å². The predicted molar refractivity (Wildman–Crippen MR) is 87.7 cm³/mol. The van der Waals surface area contributed by atoms with Crippen molar-refractivity contribution in [1.82, 2.24) is 0 Å². The first-order valence-corrected chi connectivity index (χ1v) is 7.27. The van der Waals surface area contributed by atoms with Crippen LogP contribution < -0.4 is 0 Å². The average molecular weight is 283 g/mol. The molecule has 0 aliphatic heterocycles. The van der Waals surface area contributed by atoms with Gasteiger partial charge in [-0.15, -0.1) is 6.58 Å². The third-order valence-electron chi connectivity index (χ3n) is 4.35. The highest BCUT2D eigenvalue weighted by molar-refractivity contribution is 5.35. The van der Waals surface area contributed by atoms with E-state index in [4.69, 9.17) is 5.26 Å². The van der Waals surface area contributed by atoms with Gasteiger partial charge >= 0.3 is 0 Å². The van der Waals surface area contributed by atoms with Gasteiger partial charge < -0.3 is 5.11 Å². The molecule has 2 nitrogen and oxygen atoms in total. The van der Waals surface area contributed by atoms with Crippen LogP contribution in [0.25, 0.3) is 0 Å². The molecule has 2 heteroatoms. The van der Waals surface area contributed by atoms with Crippen LogP contribution in [0.4, 0.5) is 0 Å². The molecule has 112 valence electrons. The molecule has 2 atom stereocenters. The molecule has 0 radical (unpaired) electrons. The lowest BCUT2D eigenvalue weighted by Crippen LogP contribution is -2.40. The van der Waals surface area contributed by atoms with Crippen molar-refractivity contribution in [2.24, 2.45) is 5.41 Å². The van der Waals surface area contributed by atoms with Crippen LogP contribution in [0.3, 0.4) is 0 Å². The molecule has 0 aliphatic carbocycles. The van der Waals surface area contributed by atoms with Gasteiger partial charge in [0.25, 0.3) is 0 Å². The number of hydrogen-bond donors (Lipinski definition) is 1. The van der Waals surface area contributed by atoms with E-state index in [1.807, 2.05) is 32.1 Å². The van der Waals surface area contributed by atoms with Crippen molar-refractivity contribution in [1.29, 1.82) is 5.26 Å². The summed E-state index contributed by atoms with van der Waals surface area (Å²) in [4.78, 5) is 0. The van der Waals surface area contributed by atoms with Crippen molar-refractivity contribution < 1.29 is 5.11 Å². The molecule has 0 saturated heterocycles. The van der Waals surface area contributed by atoms with Crippen LogP contribution in [-0.2, 0) is 5.60 Å². The molecule has 0 saturated carbocycles. The van der Waals surface area contributed by atoms with E-state index in [2.05, 4.69) is 32.6 Å². The Morgan fingerprint density at radius 2 is 1.86 bits per heavy atom. The van der Waals surface area contributed by atoms with Gasteiger partial charge in [-0.1, -0.05) is 36.8 Å². The lowest BCUT2D eigenvalue weighted by atomic mass is 9.68. The second kappa shape index (κ2) is 6.74. The van der Waals surface area contributed by atoms with Crippen molar-refractivity contribution in [2.45, 2.75) is 46.1 Å². The minimum Gasteiger partial charge on any atom is -0.385 e. The highest BCUT2D eigenvalue weighted by Gasteiger charge is 2.41. The molecule has 0 spiro atoms. The van der Waals surface area contributed by atoms with Crippen molar-refractivity contribution in [3.8, 4) is 6.07 Å². The van der Waals surface area contributed by atoms with Crippen LogP contribution in [0, 0.1) is 16.7 Å². The maximum absolute atomic E-state index is 11.1. The predicted octanol–water partition coefficient (Wildman–Crippen LogP) is 4.70. The zero-order chi connectivity index (χ0) is 16.1. The lowest BCUT2D eigenvalue weighted by molar-refractivity contribution is -0.0440. The van der Waals surface area contributed by atoms with Crippen LogP contribution in [0.1, 0.15) is 51.7 Å². The minimum absolute atomic E-state index is 0.437. The molecule has 21 heavy (non-hydrogen) atoms. The monoisotopic (exact) mass is 283 g/mol. The molecule has 0 aliphatic rings. The fourth-order valence-electron chi connectivity index (χ4n) is 2.40. The van der Waals surface area contributed by atoms with E-state index < -0.39 is 11.0 Å². The normalized spacial score (nSPS) is 16.2. The molecule has 0 bridgehead atoms. The Hall–Kier alpha value is -1.85. The summed E-state index contributed by atoms with van der Waals surface area (Å²) in [7, 11) is 0. The summed E-state index contributed by atoms with van der Waals surface area (Å²) in [5, 5.41) is 19.9. The first kappa shape index (κ1) is 17.2. The third-order valence-corrected chi connectivity index (χ3v) is 4.35. The van der Waals surface area contributed by atoms with Gasteiger partial charge in [0, 0.05) is 5.41 Å². The summed E-state index contributed by atoms with van der Waals surface area (Å²) in [6.45, 7) is 11.9. The summed E-state index contributed by atoms with van der Waals surface area (Å²) in [6.07, 6.45) is 5.73. The summed E-state index contributed by atoms with van der Waals surface area (Å²) >= 11 is 0. The Kier molecular flexibility index (Phi) is 5.52. The Morgan fingerprint density at radius 3 is 2.29 bits per heavy atom. The standard InChI is InChI=1S/C19H25NO/c1-6-18(4,13-7-8-15(2)3)19(5,21)17-11-9-16(14-20)10-12-17/h6,8-12,21H,1,7,13H2,2-5H3/t18-,19+/m0/s1. The van der Waals surface area contributed by atoms with Crippen molar-refractivity contribution in [3.63, 3.8) is 0 Å². The largest absolute Gasteiger partial charge is 0.385 e. The van der Waals surface area contributed by atoms with E-state index in [1.165, 1.54) is 5.57 Å². The number of nitrogens with zero attached hydrogens (tertiary/aromatic N) is 1. The van der Waals surface area contributed by atoms with E-state index in [-0.39, 0.29) is 0 Å². The van der Waals surface area contributed by atoms with Crippen LogP contribution in [-0.4, -0.2) is 5.11 Å². The van der Waals surface area contributed by atoms with Gasteiger partial charge in [0.1, 0.15) is 0 Å². The van der Waals surface area contributed by atoms with Gasteiger partial charge in [-0.05, 0) is 51.3 Å². The Balaban J connectivity index is 3.07. The lowest BCUT2D eigenvalue weighted by Gasteiger charge is -2.41. The maximum Gasteiger partial charge on any atom is 0.0991 e. The Morgan fingerprint density at radius 1 is 1.29 bits per heavy atom. The number of benzene rings is 1. The molecular weight excluding hydrogens is 258 g/mol. The number of allylic oxidation sites excluding steroid dienone is 2. The van der Waals surface area contributed by atoms with Crippen molar-refractivity contribution >= 4 is 0 Å². The summed E-state index contributed by atoms with van der Waals surface area (Å²) in [5.41, 5.74) is 1.21. The van der Waals surface area contributed by atoms with Gasteiger partial charge in [0.15, 0.2) is 0 Å². The second-order valence-electron chi connectivity index (χ2n) is 6.20. The molecule has 1 N–H and O–H groups in total. The highest BCUT2D eigenvalue weighted by Crippen LogP contribution is 2.44. The molecule has 0 fully saturated rings. The second-order valence-corrected chi connectivity index (χ2v) is 6.20. The van der Waals surface area contributed by atoms with Crippen molar-refractivity contribution in [2.75, 3.05) is 0 Å². The van der Waals surface area contributed by atoms with E-state index in [0.29, 0.717) is 5.56 Å². The summed E-state index contributed by atoms with van der Waals surface area (Å²) in [6, 6.07) is 9.22. The third kappa shape index (κ3) is 3.83. The van der Waals surface area contributed by atoms with E-state index in [9.17, 15) is 5.11 Å². The zero-order valence-corrected chi connectivity index (χ0v) is 13.5. The fourth-order valence-corrected chi connectivity index (χ4v) is 2.40. The minimum atomic E-state index is -1.03. The molecule has 1 rings (SSSR count). The zero-order valence-electron chi connectivity index (χ0n) is 13.5. The fraction of sp³-hybridized carbons (Fsp3) is 0.421. The summed E-state index contributed by atoms with van der Waals surface area (Å²) < 4.78 is 0. The van der Waals surface area contributed by atoms with Gasteiger partial charge in [0.05, 0.1) is 17.2 Å². The number of hydrogen-bond acceptors (Lipinski definition) is 2. The Labute approximate surface area is 128 Å². The van der Waals surface area contributed by atoms with E-state index in [0.717, 1.165) is 18.4 Å². The van der Waals surface area contributed by atoms with Crippen molar-refractivity contribution in [3.05, 3.63) is 59.7 Å². The van der Waals surface area contributed by atoms with E-state index in [1.54, 1.807) is 12.1 Å². The van der Waals surface area contributed by atoms with E-state index >= 15 is 0 Å². The maximum atomic E-state index is 11.1. The molecule has 0 amide bonds. The Bertz CT molecular complexity index is 556. The average Bonchev–Trinajstić information content (AvgIpc) is 2.46. The molecule has 0 aromatic heterocycles. The molecule has 0 heterocycles. The summed E-state index contributed by atoms with van der Waals surface area (Å²) in [5.74, 6) is 0. The SMILES string of the molecule is C=C[C@@](C)(CCC=C(C)C)[C@](C)(O)c1ccc(C#N)cc1. The molecular formula is C19H25NO. The smallest absolute Gasteiger partial charge is 0.0991 e. The topological polar surface area (TPSA) is 44.0 Å². The van der Waals surface area contributed by atoms with Crippen LogP contribution in [0.5, 0.6) is 0 Å². The number of nitriles is 1. The molecule has 0 unspecified atom stereocenters.